The van der Waals surface area contributed by atoms with E-state index in [1.54, 1.807) is 6.20 Å². The van der Waals surface area contributed by atoms with Gasteiger partial charge in [0.1, 0.15) is 11.2 Å². The van der Waals surface area contributed by atoms with Crippen molar-refractivity contribution >= 4 is 29.4 Å². The summed E-state index contributed by atoms with van der Waals surface area (Å²) in [5, 5.41) is 6.21. The van der Waals surface area contributed by atoms with E-state index in [1.807, 2.05) is 71.9 Å². The summed E-state index contributed by atoms with van der Waals surface area (Å²) in [4.78, 5) is 38.8. The van der Waals surface area contributed by atoms with Gasteiger partial charge in [0, 0.05) is 49.3 Å². The molecule has 3 aromatic rings. The van der Waals surface area contributed by atoms with Crippen molar-refractivity contribution in [2.45, 2.75) is 78.7 Å². The zero-order valence-electron chi connectivity index (χ0n) is 29.2. The van der Waals surface area contributed by atoms with Crippen molar-refractivity contribution in [2.75, 3.05) is 49.6 Å². The van der Waals surface area contributed by atoms with Gasteiger partial charge in [-0.2, -0.15) is 0 Å². The number of aromatic nitrogens is 2. The number of morpholine rings is 1. The van der Waals surface area contributed by atoms with Crippen LogP contribution in [0.25, 0.3) is 11.3 Å². The maximum absolute atomic E-state index is 12.7. The second kappa shape index (κ2) is 15.3. The lowest BCUT2D eigenvalue weighted by atomic mass is 9.96. The first-order valence-corrected chi connectivity index (χ1v) is 16.9. The number of piperidine rings is 1. The minimum absolute atomic E-state index is 0.0540. The summed E-state index contributed by atoms with van der Waals surface area (Å²) < 4.78 is 16.6. The number of likely N-dealkylation sites (tertiary alicyclic amines) is 1. The number of ether oxygens (including phenoxy) is 3. The number of rotatable bonds is 9. The van der Waals surface area contributed by atoms with E-state index >= 15 is 0 Å². The van der Waals surface area contributed by atoms with Crippen LogP contribution in [0.5, 0.6) is 0 Å². The minimum Gasteiger partial charge on any atom is -0.460 e. The van der Waals surface area contributed by atoms with E-state index in [1.165, 1.54) is 11.3 Å². The SMILES string of the molecule is CC(C)(C)OC(=O)NCc1ccc(-c2ccnc(Nc3ccc(N4CCOCC4)c(CN4CCC(C(=O)OC(C)(C)C)CC4)c3)n2)cc1. The molecule has 1 aromatic heterocycles. The number of alkyl carbamates (subject to hydrolysis) is 1. The monoisotopic (exact) mass is 658 g/mol. The molecular formula is C37H50N6O5. The maximum atomic E-state index is 12.7. The molecule has 2 aliphatic heterocycles. The Hall–Kier alpha value is -4.22. The molecule has 0 unspecified atom stereocenters. The molecular weight excluding hydrogens is 608 g/mol. The van der Waals surface area contributed by atoms with Crippen LogP contribution in [-0.4, -0.2) is 77.5 Å². The van der Waals surface area contributed by atoms with Crippen molar-refractivity contribution in [2.24, 2.45) is 5.92 Å². The largest absolute Gasteiger partial charge is 0.460 e. The average Bonchev–Trinajstić information content (AvgIpc) is 3.03. The van der Waals surface area contributed by atoms with Crippen LogP contribution in [0, 0.1) is 5.92 Å². The fourth-order valence-electron chi connectivity index (χ4n) is 5.85. The number of esters is 1. The summed E-state index contributed by atoms with van der Waals surface area (Å²) in [6, 6.07) is 16.2. The third-order valence-corrected chi connectivity index (χ3v) is 8.15. The van der Waals surface area contributed by atoms with E-state index in [0.717, 1.165) is 68.1 Å². The van der Waals surface area contributed by atoms with Gasteiger partial charge in [-0.05, 0) is 103 Å². The number of hydrogen-bond donors (Lipinski definition) is 2. The summed E-state index contributed by atoms with van der Waals surface area (Å²) in [6.45, 7) is 17.2. The number of carbonyl (C=O) groups is 2. The standard InChI is InChI=1S/C37H50N6O5/c1-36(2,3)47-33(44)28-14-17-42(18-15-28)25-29-23-30(11-12-32(29)43-19-21-46-22-20-43)40-34-38-16-13-31(41-34)27-9-7-26(8-10-27)24-39-35(45)48-37(4,5)6/h7-13,16,23,28H,14-15,17-22,24-25H2,1-6H3,(H,39,45)(H,38,40,41). The number of hydrogen-bond acceptors (Lipinski definition) is 10. The molecule has 11 nitrogen and oxygen atoms in total. The molecule has 0 saturated carbocycles. The molecule has 5 rings (SSSR count). The molecule has 2 saturated heterocycles. The normalized spacial score (nSPS) is 16.3. The maximum Gasteiger partial charge on any atom is 0.407 e. The van der Waals surface area contributed by atoms with Gasteiger partial charge >= 0.3 is 12.1 Å². The van der Waals surface area contributed by atoms with E-state index in [9.17, 15) is 9.59 Å². The van der Waals surface area contributed by atoms with Crippen LogP contribution in [0.4, 0.5) is 22.1 Å². The van der Waals surface area contributed by atoms with Crippen molar-refractivity contribution in [3.63, 3.8) is 0 Å². The Labute approximate surface area is 284 Å². The fourth-order valence-corrected chi connectivity index (χ4v) is 5.85. The van der Waals surface area contributed by atoms with E-state index in [2.05, 4.69) is 43.6 Å². The molecule has 3 heterocycles. The van der Waals surface area contributed by atoms with Crippen LogP contribution < -0.4 is 15.5 Å². The summed E-state index contributed by atoms with van der Waals surface area (Å²) in [5.74, 6) is 0.365. The average molecular weight is 659 g/mol. The third kappa shape index (κ3) is 10.4. The van der Waals surface area contributed by atoms with E-state index in [0.29, 0.717) is 25.7 Å². The van der Waals surface area contributed by atoms with Crippen LogP contribution in [0.3, 0.4) is 0 Å². The molecule has 258 valence electrons. The molecule has 2 N–H and O–H groups in total. The van der Waals surface area contributed by atoms with Crippen molar-refractivity contribution in [3.8, 4) is 11.3 Å². The quantitative estimate of drug-likeness (QED) is 0.254. The molecule has 0 spiro atoms. The van der Waals surface area contributed by atoms with Gasteiger partial charge in [0.05, 0.1) is 24.8 Å². The highest BCUT2D eigenvalue weighted by Gasteiger charge is 2.29. The van der Waals surface area contributed by atoms with Gasteiger partial charge < -0.3 is 29.7 Å². The Balaban J connectivity index is 1.25. The zero-order chi connectivity index (χ0) is 34.3. The Morgan fingerprint density at radius 3 is 2.25 bits per heavy atom. The molecule has 0 bridgehead atoms. The van der Waals surface area contributed by atoms with E-state index in [4.69, 9.17) is 19.2 Å². The summed E-state index contributed by atoms with van der Waals surface area (Å²) in [5.41, 5.74) is 5.01. The predicted octanol–water partition coefficient (Wildman–Crippen LogP) is 6.30. The highest BCUT2D eigenvalue weighted by Crippen LogP contribution is 2.30. The highest BCUT2D eigenvalue weighted by molar-refractivity contribution is 5.73. The highest BCUT2D eigenvalue weighted by atomic mass is 16.6. The second-order valence-corrected chi connectivity index (χ2v) is 14.5. The molecule has 11 heteroatoms. The first-order chi connectivity index (χ1) is 22.8. The number of amides is 1. The molecule has 2 aliphatic rings. The number of benzene rings is 2. The van der Waals surface area contributed by atoms with Crippen molar-refractivity contribution in [1.82, 2.24) is 20.2 Å². The lowest BCUT2D eigenvalue weighted by molar-refractivity contribution is -0.161. The summed E-state index contributed by atoms with van der Waals surface area (Å²) >= 11 is 0. The van der Waals surface area contributed by atoms with E-state index < -0.39 is 17.3 Å². The fraction of sp³-hybridized carbons (Fsp3) is 0.514. The van der Waals surface area contributed by atoms with Gasteiger partial charge in [-0.3, -0.25) is 9.69 Å². The zero-order valence-corrected chi connectivity index (χ0v) is 29.2. The number of anilines is 3. The van der Waals surface area contributed by atoms with Gasteiger partial charge in [0.2, 0.25) is 5.95 Å². The van der Waals surface area contributed by atoms with Gasteiger partial charge in [-0.25, -0.2) is 14.8 Å². The molecule has 48 heavy (non-hydrogen) atoms. The molecule has 0 radical (unpaired) electrons. The molecule has 0 aliphatic carbocycles. The molecule has 1 amide bonds. The molecule has 2 aromatic carbocycles. The molecule has 0 atom stereocenters. The Kier molecular flexibility index (Phi) is 11.2. The van der Waals surface area contributed by atoms with Gasteiger partial charge in [-0.1, -0.05) is 24.3 Å². The summed E-state index contributed by atoms with van der Waals surface area (Å²) in [7, 11) is 0. The van der Waals surface area contributed by atoms with Gasteiger partial charge in [0.15, 0.2) is 0 Å². The predicted molar refractivity (Wildman–Crippen MR) is 187 cm³/mol. The van der Waals surface area contributed by atoms with Crippen LogP contribution in [0.2, 0.25) is 0 Å². The smallest absolute Gasteiger partial charge is 0.407 e. The van der Waals surface area contributed by atoms with Crippen LogP contribution in [-0.2, 0) is 32.1 Å². The van der Waals surface area contributed by atoms with Crippen molar-refractivity contribution in [1.29, 1.82) is 0 Å². The van der Waals surface area contributed by atoms with Crippen molar-refractivity contribution < 1.29 is 23.8 Å². The lowest BCUT2D eigenvalue weighted by Gasteiger charge is -2.35. The van der Waals surface area contributed by atoms with Gasteiger partial charge in [-0.15, -0.1) is 0 Å². The first kappa shape index (κ1) is 35.1. The third-order valence-electron chi connectivity index (χ3n) is 8.15. The van der Waals surface area contributed by atoms with Crippen LogP contribution in [0.15, 0.2) is 54.7 Å². The number of nitrogens with zero attached hydrogens (tertiary/aromatic N) is 4. The van der Waals surface area contributed by atoms with E-state index in [-0.39, 0.29) is 11.9 Å². The summed E-state index contributed by atoms with van der Waals surface area (Å²) in [6.07, 6.45) is 2.89. The van der Waals surface area contributed by atoms with Crippen LogP contribution >= 0.6 is 0 Å². The van der Waals surface area contributed by atoms with Gasteiger partial charge in [0.25, 0.3) is 0 Å². The van der Waals surface area contributed by atoms with Crippen LogP contribution in [0.1, 0.15) is 65.5 Å². The number of carbonyl (C=O) groups excluding carboxylic acids is 2. The minimum atomic E-state index is -0.541. The lowest BCUT2D eigenvalue weighted by Crippen LogP contribution is -2.39. The second-order valence-electron chi connectivity index (χ2n) is 14.5. The number of nitrogens with one attached hydrogen (secondary N) is 2. The Morgan fingerprint density at radius 2 is 1.58 bits per heavy atom. The topological polar surface area (TPSA) is 118 Å². The Morgan fingerprint density at radius 1 is 0.896 bits per heavy atom. The molecule has 2 fully saturated rings. The van der Waals surface area contributed by atoms with Crippen molar-refractivity contribution in [3.05, 3.63) is 65.9 Å². The Bertz CT molecular complexity index is 1540. The first-order valence-electron chi connectivity index (χ1n) is 16.9.